The maximum Gasteiger partial charge on any atom is 0.257 e. The predicted octanol–water partition coefficient (Wildman–Crippen LogP) is 2.39. The molecule has 0 aliphatic carbocycles. The molecule has 2 aromatic rings. The first-order valence-electron chi connectivity index (χ1n) is 9.55. The van der Waals surface area contributed by atoms with Crippen LogP contribution in [0.15, 0.2) is 36.7 Å². The molecule has 3 atom stereocenters. The summed E-state index contributed by atoms with van der Waals surface area (Å²) in [7, 11) is 0. The maximum atomic E-state index is 13.2. The molecule has 0 radical (unpaired) electrons. The third kappa shape index (κ3) is 2.30. The van der Waals surface area contributed by atoms with Crippen molar-refractivity contribution in [2.24, 2.45) is 0 Å². The lowest BCUT2D eigenvalue weighted by molar-refractivity contribution is 0.0691. The van der Waals surface area contributed by atoms with Gasteiger partial charge in [0, 0.05) is 30.4 Å². The first kappa shape index (κ1) is 16.4. The van der Waals surface area contributed by atoms with E-state index in [1.54, 1.807) is 10.9 Å². The number of nitrogens with one attached hydrogen (secondary N) is 2. The van der Waals surface area contributed by atoms with E-state index in [4.69, 9.17) is 0 Å². The van der Waals surface area contributed by atoms with Crippen LogP contribution in [0, 0.1) is 0 Å². The van der Waals surface area contributed by atoms with E-state index in [2.05, 4.69) is 15.7 Å². The van der Waals surface area contributed by atoms with Gasteiger partial charge in [-0.25, -0.2) is 0 Å². The predicted molar refractivity (Wildman–Crippen MR) is 100 cm³/mol. The zero-order chi connectivity index (χ0) is 18.8. The van der Waals surface area contributed by atoms with Crippen molar-refractivity contribution >= 4 is 17.5 Å². The first-order chi connectivity index (χ1) is 13.0. The van der Waals surface area contributed by atoms with Gasteiger partial charge in [-0.15, -0.1) is 0 Å². The molecule has 2 fully saturated rings. The summed E-state index contributed by atoms with van der Waals surface area (Å²) in [5, 5.41) is 11.0. The molecule has 7 heteroatoms. The topological polar surface area (TPSA) is 79.3 Å². The molecule has 2 bridgehead atoms. The molecule has 0 unspecified atom stereocenters. The van der Waals surface area contributed by atoms with Crippen molar-refractivity contribution in [1.29, 1.82) is 0 Å². The molecular formula is C20H23N5O2. The molecule has 7 nitrogen and oxygen atoms in total. The Labute approximate surface area is 157 Å². The Morgan fingerprint density at radius 2 is 2.07 bits per heavy atom. The number of hydrogen-bond donors (Lipinski definition) is 2. The van der Waals surface area contributed by atoms with E-state index in [0.717, 1.165) is 24.9 Å². The molecule has 5 rings (SSSR count). The quantitative estimate of drug-likeness (QED) is 0.856. The highest BCUT2D eigenvalue weighted by Crippen LogP contribution is 2.47. The number of carbonyl (C=O) groups excluding carboxylic acids is 2. The van der Waals surface area contributed by atoms with E-state index >= 15 is 0 Å². The molecule has 140 valence electrons. The van der Waals surface area contributed by atoms with Gasteiger partial charge in [0.1, 0.15) is 5.66 Å². The van der Waals surface area contributed by atoms with E-state index < -0.39 is 5.66 Å². The molecule has 4 heterocycles. The van der Waals surface area contributed by atoms with Gasteiger partial charge in [0.25, 0.3) is 11.8 Å². The van der Waals surface area contributed by atoms with Crippen molar-refractivity contribution in [2.45, 2.75) is 56.9 Å². The lowest BCUT2D eigenvalue weighted by Crippen LogP contribution is -2.64. The van der Waals surface area contributed by atoms with Crippen LogP contribution in [-0.4, -0.2) is 44.2 Å². The van der Waals surface area contributed by atoms with Crippen molar-refractivity contribution in [3.05, 3.63) is 47.8 Å². The van der Waals surface area contributed by atoms with Crippen LogP contribution in [0.25, 0.3) is 0 Å². The van der Waals surface area contributed by atoms with Gasteiger partial charge in [0.05, 0.1) is 23.4 Å². The van der Waals surface area contributed by atoms with Crippen molar-refractivity contribution in [2.75, 3.05) is 5.32 Å². The molecular weight excluding hydrogens is 342 g/mol. The van der Waals surface area contributed by atoms with Crippen molar-refractivity contribution in [3.8, 4) is 0 Å². The number of nitrogens with zero attached hydrogens (tertiary/aromatic N) is 3. The highest BCUT2D eigenvalue weighted by atomic mass is 16.2. The van der Waals surface area contributed by atoms with Crippen molar-refractivity contribution in [1.82, 2.24) is 20.0 Å². The van der Waals surface area contributed by atoms with Crippen LogP contribution >= 0.6 is 0 Å². The van der Waals surface area contributed by atoms with Gasteiger partial charge in [0.15, 0.2) is 0 Å². The fraction of sp³-hybridized carbons (Fsp3) is 0.450. The number of benzene rings is 1. The highest BCUT2D eigenvalue weighted by Gasteiger charge is 2.60. The Morgan fingerprint density at radius 1 is 1.26 bits per heavy atom. The summed E-state index contributed by atoms with van der Waals surface area (Å²) >= 11 is 0. The summed E-state index contributed by atoms with van der Waals surface area (Å²) in [6, 6.07) is 7.82. The van der Waals surface area contributed by atoms with Gasteiger partial charge in [0.2, 0.25) is 0 Å². The average molecular weight is 365 g/mol. The lowest BCUT2D eigenvalue weighted by Gasteiger charge is -2.43. The van der Waals surface area contributed by atoms with Crippen LogP contribution in [0.1, 0.15) is 59.9 Å². The standard InChI is InChI=1S/C20H23N5O2/c1-12(2)24-11-13(10-21-24)19(27)25-14-7-8-17(25)20(9-14)22-16-6-4-3-5-15(16)18(26)23-20/h3-6,10-12,14,17,22H,7-9H2,1-2H3,(H,23,26)/t14-,17-,20+/m0/s1. The number of para-hydroxylation sites is 1. The summed E-state index contributed by atoms with van der Waals surface area (Å²) in [5.74, 6) is -0.0712. The Balaban J connectivity index is 1.46. The van der Waals surface area contributed by atoms with Crippen LogP contribution < -0.4 is 10.6 Å². The first-order valence-corrected chi connectivity index (χ1v) is 9.55. The van der Waals surface area contributed by atoms with E-state index in [-0.39, 0.29) is 29.9 Å². The minimum absolute atomic E-state index is 0.00109. The Kier molecular flexibility index (Phi) is 3.38. The molecule has 2 amide bonds. The van der Waals surface area contributed by atoms with E-state index in [1.807, 2.05) is 49.2 Å². The smallest absolute Gasteiger partial charge is 0.257 e. The Hall–Kier alpha value is -2.83. The third-order valence-corrected chi connectivity index (χ3v) is 6.11. The van der Waals surface area contributed by atoms with Crippen LogP contribution in [-0.2, 0) is 0 Å². The largest absolute Gasteiger partial charge is 0.360 e. The van der Waals surface area contributed by atoms with Crippen molar-refractivity contribution < 1.29 is 9.59 Å². The molecule has 2 N–H and O–H groups in total. The SMILES string of the molecule is CC(C)n1cc(C(=O)N2[C@H]3CC[C@H]2[C@@]2(C3)NC(=O)c3ccccc3N2)cn1. The van der Waals surface area contributed by atoms with Crippen molar-refractivity contribution in [3.63, 3.8) is 0 Å². The number of amides is 2. The molecule has 1 aromatic carbocycles. The van der Waals surface area contributed by atoms with Gasteiger partial charge in [-0.1, -0.05) is 12.1 Å². The second-order valence-electron chi connectivity index (χ2n) is 8.06. The fourth-order valence-corrected chi connectivity index (χ4v) is 4.86. The summed E-state index contributed by atoms with van der Waals surface area (Å²) in [6.07, 6.45) is 6.04. The van der Waals surface area contributed by atoms with E-state index in [9.17, 15) is 9.59 Å². The number of aromatic nitrogens is 2. The summed E-state index contributed by atoms with van der Waals surface area (Å²) < 4.78 is 1.80. The number of rotatable bonds is 2. The van der Waals surface area contributed by atoms with Gasteiger partial charge < -0.3 is 15.5 Å². The summed E-state index contributed by atoms with van der Waals surface area (Å²) in [6.45, 7) is 4.07. The number of carbonyl (C=O) groups is 2. The monoisotopic (exact) mass is 365 g/mol. The van der Waals surface area contributed by atoms with E-state index in [0.29, 0.717) is 11.1 Å². The number of anilines is 1. The van der Waals surface area contributed by atoms with Gasteiger partial charge >= 0.3 is 0 Å². The van der Waals surface area contributed by atoms with Crippen LogP contribution in [0.2, 0.25) is 0 Å². The lowest BCUT2D eigenvalue weighted by atomic mass is 9.86. The minimum atomic E-state index is -0.585. The summed E-state index contributed by atoms with van der Waals surface area (Å²) in [5.41, 5.74) is 1.52. The molecule has 1 aromatic heterocycles. The normalized spacial score (nSPS) is 28.4. The molecule has 3 aliphatic rings. The Morgan fingerprint density at radius 3 is 2.85 bits per heavy atom. The van der Waals surface area contributed by atoms with Gasteiger partial charge in [-0.3, -0.25) is 14.3 Å². The van der Waals surface area contributed by atoms with E-state index in [1.165, 1.54) is 0 Å². The maximum absolute atomic E-state index is 13.2. The fourth-order valence-electron chi connectivity index (χ4n) is 4.86. The highest BCUT2D eigenvalue weighted by molar-refractivity contribution is 6.02. The zero-order valence-corrected chi connectivity index (χ0v) is 15.5. The molecule has 27 heavy (non-hydrogen) atoms. The zero-order valence-electron chi connectivity index (χ0n) is 15.5. The average Bonchev–Trinajstić information content (AvgIpc) is 3.34. The summed E-state index contributed by atoms with van der Waals surface area (Å²) in [4.78, 5) is 27.9. The van der Waals surface area contributed by atoms with Gasteiger partial charge in [-0.05, 0) is 38.8 Å². The second-order valence-corrected chi connectivity index (χ2v) is 8.06. The third-order valence-electron chi connectivity index (χ3n) is 6.11. The Bertz CT molecular complexity index is 936. The van der Waals surface area contributed by atoms with Crippen LogP contribution in [0.3, 0.4) is 0 Å². The number of fused-ring (bicyclic) bond motifs is 4. The van der Waals surface area contributed by atoms with Crippen LogP contribution in [0.5, 0.6) is 0 Å². The molecule has 2 saturated heterocycles. The number of hydrogen-bond acceptors (Lipinski definition) is 4. The van der Waals surface area contributed by atoms with Gasteiger partial charge in [-0.2, -0.15) is 5.10 Å². The molecule has 1 spiro atoms. The molecule has 0 saturated carbocycles. The molecule has 3 aliphatic heterocycles. The second kappa shape index (κ2) is 5.58. The van der Waals surface area contributed by atoms with Crippen LogP contribution in [0.4, 0.5) is 5.69 Å². The minimum Gasteiger partial charge on any atom is -0.360 e.